The molecule has 1 fully saturated rings. The molecule has 4 aromatic rings. The number of hydrogen-bond donors (Lipinski definition) is 2. The van der Waals surface area contributed by atoms with Gasteiger partial charge in [-0.15, -0.1) is 0 Å². The van der Waals surface area contributed by atoms with E-state index in [0.717, 1.165) is 4.57 Å². The van der Waals surface area contributed by atoms with Crippen LogP contribution in [0.1, 0.15) is 25.8 Å². The first-order valence-electron chi connectivity index (χ1n) is 11.7. The topological polar surface area (TPSA) is 124 Å². The van der Waals surface area contributed by atoms with Gasteiger partial charge in [-0.25, -0.2) is 22.2 Å². The number of pyridine rings is 1. The van der Waals surface area contributed by atoms with Crippen molar-refractivity contribution in [3.63, 3.8) is 0 Å². The Hall–Kier alpha value is -3.46. The van der Waals surface area contributed by atoms with Crippen molar-refractivity contribution < 1.29 is 12.8 Å². The number of fused-ring (bicyclic) bond motifs is 1. The highest BCUT2D eigenvalue weighted by atomic mass is 127. The summed E-state index contributed by atoms with van der Waals surface area (Å²) in [6.07, 6.45) is 1.27. The summed E-state index contributed by atoms with van der Waals surface area (Å²) in [5.74, 6) is -0.719. The summed E-state index contributed by atoms with van der Waals surface area (Å²) < 4.78 is 45.7. The molecule has 0 unspecified atom stereocenters. The molecule has 0 aliphatic heterocycles. The standard InChI is InChI=1S/C25H23FIN5O5S/c1-3-38(36,37)29-15-5-4-6-17(12-15)31-23-22(24(34)32(25(31)35)16-8-9-16)20(13-21(33)30(23)2)28-19-10-7-14(27)11-18(19)26/h4-7,10-13,16,28-29H,3,8-9H2,1-2H3. The summed E-state index contributed by atoms with van der Waals surface area (Å²) in [6, 6.07) is 11.5. The summed E-state index contributed by atoms with van der Waals surface area (Å²) in [5.41, 5.74) is -1.22. The van der Waals surface area contributed by atoms with Crippen LogP contribution in [0, 0.1) is 9.39 Å². The summed E-state index contributed by atoms with van der Waals surface area (Å²) in [5, 5.41) is 2.90. The molecule has 38 heavy (non-hydrogen) atoms. The molecule has 0 amide bonds. The predicted octanol–water partition coefficient (Wildman–Crippen LogP) is 3.43. The van der Waals surface area contributed by atoms with E-state index in [1.54, 1.807) is 18.2 Å². The molecule has 10 nitrogen and oxygen atoms in total. The summed E-state index contributed by atoms with van der Waals surface area (Å²) in [7, 11) is -2.17. The lowest BCUT2D eigenvalue weighted by Gasteiger charge is -2.19. The Morgan fingerprint density at radius 3 is 2.45 bits per heavy atom. The van der Waals surface area contributed by atoms with E-state index in [2.05, 4.69) is 10.0 Å². The predicted molar refractivity (Wildman–Crippen MR) is 153 cm³/mol. The molecule has 0 bridgehead atoms. The SMILES string of the molecule is CCS(=O)(=O)Nc1cccc(-n2c(=O)n(C3CC3)c(=O)c3c(Nc4ccc(I)cc4F)cc(=O)n(C)c32)c1. The molecule has 5 rings (SSSR count). The molecule has 0 spiro atoms. The fraction of sp³-hybridized carbons (Fsp3) is 0.240. The molecule has 198 valence electrons. The Morgan fingerprint density at radius 1 is 1.05 bits per heavy atom. The van der Waals surface area contributed by atoms with Crippen LogP contribution in [-0.4, -0.2) is 27.9 Å². The monoisotopic (exact) mass is 651 g/mol. The highest BCUT2D eigenvalue weighted by Gasteiger charge is 2.31. The Bertz CT molecular complexity index is 1890. The van der Waals surface area contributed by atoms with Crippen LogP contribution in [0.25, 0.3) is 16.7 Å². The highest BCUT2D eigenvalue weighted by Crippen LogP contribution is 2.34. The van der Waals surface area contributed by atoms with E-state index < -0.39 is 32.6 Å². The Morgan fingerprint density at radius 2 is 1.79 bits per heavy atom. The number of sulfonamides is 1. The van der Waals surface area contributed by atoms with Crippen LogP contribution < -0.4 is 26.8 Å². The molecule has 0 saturated heterocycles. The zero-order valence-electron chi connectivity index (χ0n) is 20.4. The molecule has 2 heterocycles. The van der Waals surface area contributed by atoms with Gasteiger partial charge < -0.3 is 5.32 Å². The number of anilines is 3. The van der Waals surface area contributed by atoms with E-state index in [0.29, 0.717) is 16.4 Å². The number of benzene rings is 2. The van der Waals surface area contributed by atoms with Gasteiger partial charge in [0.05, 0.1) is 28.5 Å². The third kappa shape index (κ3) is 4.75. The van der Waals surface area contributed by atoms with Crippen LogP contribution in [-0.2, 0) is 17.1 Å². The first-order valence-corrected chi connectivity index (χ1v) is 14.5. The zero-order valence-corrected chi connectivity index (χ0v) is 23.3. The molecular formula is C25H23FIN5O5S. The Labute approximate surface area is 229 Å². The molecule has 13 heteroatoms. The van der Waals surface area contributed by atoms with Crippen LogP contribution in [0.2, 0.25) is 0 Å². The quantitative estimate of drug-likeness (QED) is 0.296. The lowest BCUT2D eigenvalue weighted by molar-refractivity contribution is 0.602. The summed E-state index contributed by atoms with van der Waals surface area (Å²) in [6.45, 7) is 1.50. The van der Waals surface area contributed by atoms with Crippen molar-refractivity contribution in [3.05, 3.63) is 89.1 Å². The lowest BCUT2D eigenvalue weighted by atomic mass is 10.2. The lowest BCUT2D eigenvalue weighted by Crippen LogP contribution is -2.41. The minimum absolute atomic E-state index is 0.00619. The fourth-order valence-corrected chi connectivity index (χ4v) is 5.33. The molecule has 2 aromatic carbocycles. The molecule has 1 saturated carbocycles. The Balaban J connectivity index is 1.84. The van der Waals surface area contributed by atoms with Gasteiger partial charge in [-0.1, -0.05) is 6.07 Å². The molecule has 0 atom stereocenters. The number of nitrogens with zero attached hydrogens (tertiary/aromatic N) is 3. The number of halogens is 2. The van der Waals surface area contributed by atoms with Crippen molar-refractivity contribution in [1.29, 1.82) is 0 Å². The highest BCUT2D eigenvalue weighted by molar-refractivity contribution is 14.1. The van der Waals surface area contributed by atoms with Crippen molar-refractivity contribution >= 4 is 60.7 Å². The maximum absolute atomic E-state index is 14.7. The van der Waals surface area contributed by atoms with Crippen LogP contribution in [0.4, 0.5) is 21.5 Å². The zero-order chi connectivity index (χ0) is 27.4. The van der Waals surface area contributed by atoms with Crippen molar-refractivity contribution in [2.75, 3.05) is 15.8 Å². The number of nitrogens with one attached hydrogen (secondary N) is 2. The molecule has 1 aliphatic carbocycles. The average Bonchev–Trinajstić information content (AvgIpc) is 3.69. The number of rotatable bonds is 7. The summed E-state index contributed by atoms with van der Waals surface area (Å²) >= 11 is 1.97. The van der Waals surface area contributed by atoms with Gasteiger partial charge in [-0.3, -0.25) is 23.4 Å². The van der Waals surface area contributed by atoms with Gasteiger partial charge >= 0.3 is 5.69 Å². The number of hydrogen-bond acceptors (Lipinski definition) is 6. The van der Waals surface area contributed by atoms with Crippen LogP contribution in [0.3, 0.4) is 0 Å². The van der Waals surface area contributed by atoms with Crippen molar-refractivity contribution in [2.24, 2.45) is 7.05 Å². The van der Waals surface area contributed by atoms with Crippen LogP contribution >= 0.6 is 22.6 Å². The smallest absolute Gasteiger partial charge is 0.337 e. The Kier molecular flexibility index (Phi) is 6.67. The van der Waals surface area contributed by atoms with Gasteiger partial charge in [0.15, 0.2) is 0 Å². The van der Waals surface area contributed by atoms with E-state index in [1.807, 2.05) is 22.6 Å². The molecule has 1 aliphatic rings. The minimum Gasteiger partial charge on any atom is -0.352 e. The summed E-state index contributed by atoms with van der Waals surface area (Å²) in [4.78, 5) is 40.5. The maximum atomic E-state index is 14.7. The maximum Gasteiger partial charge on any atom is 0.337 e. The van der Waals surface area contributed by atoms with Gasteiger partial charge in [0.1, 0.15) is 16.9 Å². The third-order valence-corrected chi connectivity index (χ3v) is 8.30. The molecule has 2 aromatic heterocycles. The van der Waals surface area contributed by atoms with Gasteiger partial charge in [0.2, 0.25) is 10.0 Å². The van der Waals surface area contributed by atoms with E-state index in [4.69, 9.17) is 0 Å². The van der Waals surface area contributed by atoms with Gasteiger partial charge in [-0.05, 0) is 78.8 Å². The van der Waals surface area contributed by atoms with E-state index in [-0.39, 0.29) is 45.6 Å². The van der Waals surface area contributed by atoms with E-state index >= 15 is 0 Å². The normalized spacial score (nSPS) is 13.6. The fourth-order valence-electron chi connectivity index (χ4n) is 4.25. The molecular weight excluding hydrogens is 628 g/mol. The number of aryl methyl sites for hydroxylation is 1. The van der Waals surface area contributed by atoms with Gasteiger partial charge in [0, 0.05) is 22.7 Å². The average molecular weight is 651 g/mol. The van der Waals surface area contributed by atoms with E-state index in [1.165, 1.54) is 53.4 Å². The van der Waals surface area contributed by atoms with Crippen molar-refractivity contribution in [3.8, 4) is 5.69 Å². The van der Waals surface area contributed by atoms with E-state index in [9.17, 15) is 27.2 Å². The second-order valence-electron chi connectivity index (χ2n) is 8.98. The largest absolute Gasteiger partial charge is 0.352 e. The minimum atomic E-state index is -3.60. The molecule has 2 N–H and O–H groups in total. The van der Waals surface area contributed by atoms with Crippen LogP contribution in [0.15, 0.2) is 62.9 Å². The van der Waals surface area contributed by atoms with Crippen molar-refractivity contribution in [2.45, 2.75) is 25.8 Å². The number of aromatic nitrogens is 3. The van der Waals surface area contributed by atoms with Gasteiger partial charge in [-0.2, -0.15) is 0 Å². The van der Waals surface area contributed by atoms with Gasteiger partial charge in [0.25, 0.3) is 11.1 Å². The second kappa shape index (κ2) is 9.69. The molecule has 0 radical (unpaired) electrons. The third-order valence-electron chi connectivity index (χ3n) is 6.32. The van der Waals surface area contributed by atoms with Crippen molar-refractivity contribution in [1.82, 2.24) is 13.7 Å². The second-order valence-corrected chi connectivity index (χ2v) is 12.2. The van der Waals surface area contributed by atoms with Crippen LogP contribution in [0.5, 0.6) is 0 Å². The first kappa shape index (κ1) is 26.2. The first-order chi connectivity index (χ1) is 18.0.